The van der Waals surface area contributed by atoms with Gasteiger partial charge in [0.15, 0.2) is 0 Å². The topological polar surface area (TPSA) is 79.4 Å². The van der Waals surface area contributed by atoms with Gasteiger partial charge in [0.1, 0.15) is 0 Å². The van der Waals surface area contributed by atoms with Gasteiger partial charge in [0.2, 0.25) is 15.9 Å². The van der Waals surface area contributed by atoms with E-state index in [-0.39, 0.29) is 17.3 Å². The third-order valence-electron chi connectivity index (χ3n) is 4.28. The van der Waals surface area contributed by atoms with Gasteiger partial charge in [-0.15, -0.1) is 11.3 Å². The molecule has 0 saturated heterocycles. The molecule has 25 heavy (non-hydrogen) atoms. The van der Waals surface area contributed by atoms with Crippen molar-refractivity contribution in [2.24, 2.45) is 0 Å². The molecular formula is C17H21N3O3S2. The Labute approximate surface area is 151 Å². The number of aromatic nitrogens is 1. The van der Waals surface area contributed by atoms with E-state index in [4.69, 9.17) is 0 Å². The number of fused-ring (bicyclic) bond motifs is 1. The Morgan fingerprint density at radius 3 is 2.76 bits per heavy atom. The average molecular weight is 380 g/mol. The lowest BCUT2D eigenvalue weighted by Crippen LogP contribution is -2.33. The van der Waals surface area contributed by atoms with Crippen molar-refractivity contribution in [2.45, 2.75) is 45.1 Å². The molecule has 6 nitrogen and oxygen atoms in total. The molecule has 0 aliphatic carbocycles. The van der Waals surface area contributed by atoms with Crippen LogP contribution >= 0.6 is 11.3 Å². The lowest BCUT2D eigenvalue weighted by Gasteiger charge is -2.28. The number of anilines is 1. The van der Waals surface area contributed by atoms with Gasteiger partial charge in [0.25, 0.3) is 0 Å². The van der Waals surface area contributed by atoms with Crippen molar-refractivity contribution in [3.8, 4) is 0 Å². The number of benzene rings is 1. The molecule has 1 aliphatic rings. The maximum absolute atomic E-state index is 12.6. The number of sulfonamides is 1. The zero-order valence-electron chi connectivity index (χ0n) is 14.5. The van der Waals surface area contributed by atoms with E-state index in [1.54, 1.807) is 23.1 Å². The van der Waals surface area contributed by atoms with Gasteiger partial charge in [0.05, 0.1) is 15.6 Å². The summed E-state index contributed by atoms with van der Waals surface area (Å²) in [5, 5.41) is 0.921. The first-order valence-electron chi connectivity index (χ1n) is 8.11. The Balaban J connectivity index is 1.83. The summed E-state index contributed by atoms with van der Waals surface area (Å²) >= 11 is 1.49. The van der Waals surface area contributed by atoms with E-state index in [9.17, 15) is 13.2 Å². The molecular weight excluding hydrogens is 358 g/mol. The molecule has 0 unspecified atom stereocenters. The van der Waals surface area contributed by atoms with E-state index in [1.807, 2.05) is 13.8 Å². The van der Waals surface area contributed by atoms with Crippen LogP contribution in [0.15, 0.2) is 23.1 Å². The Morgan fingerprint density at radius 2 is 2.12 bits per heavy atom. The lowest BCUT2D eigenvalue weighted by molar-refractivity contribution is -0.116. The first-order chi connectivity index (χ1) is 11.8. The van der Waals surface area contributed by atoms with E-state index in [2.05, 4.69) is 9.71 Å². The van der Waals surface area contributed by atoms with Gasteiger partial charge in [-0.25, -0.2) is 18.1 Å². The number of nitrogens with zero attached hydrogens (tertiary/aromatic N) is 2. The standard InChI is InChI=1S/C17H21N3O3S2/c1-11-17(24-12(2)19-11)10-18-25(22,23)15-6-7-16-14(9-15)5-4-8-20(16)13(3)21/h6-7,9,18H,4-5,8,10H2,1-3H3. The maximum Gasteiger partial charge on any atom is 0.240 e. The van der Waals surface area contributed by atoms with Crippen molar-refractivity contribution < 1.29 is 13.2 Å². The van der Waals surface area contributed by atoms with Crippen LogP contribution in [-0.4, -0.2) is 25.9 Å². The van der Waals surface area contributed by atoms with Crippen molar-refractivity contribution in [1.29, 1.82) is 0 Å². The fraction of sp³-hybridized carbons (Fsp3) is 0.412. The van der Waals surface area contributed by atoms with Crippen LogP contribution in [0.5, 0.6) is 0 Å². The van der Waals surface area contributed by atoms with Gasteiger partial charge in [-0.05, 0) is 50.5 Å². The highest BCUT2D eigenvalue weighted by Gasteiger charge is 2.23. The zero-order valence-corrected chi connectivity index (χ0v) is 16.1. The van der Waals surface area contributed by atoms with E-state index in [1.165, 1.54) is 18.3 Å². The molecule has 3 rings (SSSR count). The first kappa shape index (κ1) is 18.0. The number of thiazole rings is 1. The summed E-state index contributed by atoms with van der Waals surface area (Å²) in [6.45, 7) is 6.22. The van der Waals surface area contributed by atoms with Crippen molar-refractivity contribution >= 4 is 33.0 Å². The van der Waals surface area contributed by atoms with E-state index >= 15 is 0 Å². The molecule has 134 valence electrons. The van der Waals surface area contributed by atoms with Crippen LogP contribution in [0.2, 0.25) is 0 Å². The van der Waals surface area contributed by atoms with Crippen molar-refractivity contribution in [1.82, 2.24) is 9.71 Å². The second kappa shape index (κ2) is 6.86. The summed E-state index contributed by atoms with van der Waals surface area (Å²) < 4.78 is 27.9. The number of aryl methyl sites for hydroxylation is 3. The lowest BCUT2D eigenvalue weighted by atomic mass is 10.0. The van der Waals surface area contributed by atoms with Gasteiger partial charge in [-0.1, -0.05) is 0 Å². The van der Waals surface area contributed by atoms with Crippen molar-refractivity contribution in [3.63, 3.8) is 0 Å². The van der Waals surface area contributed by atoms with Crippen LogP contribution in [0.4, 0.5) is 5.69 Å². The minimum Gasteiger partial charge on any atom is -0.312 e. The number of carbonyl (C=O) groups excluding carboxylic acids is 1. The van der Waals surface area contributed by atoms with E-state index in [0.717, 1.165) is 39.7 Å². The monoisotopic (exact) mass is 379 g/mol. The Hall–Kier alpha value is -1.77. The third kappa shape index (κ3) is 3.75. The molecule has 1 amide bonds. The highest BCUT2D eigenvalue weighted by Crippen LogP contribution is 2.29. The molecule has 0 saturated carbocycles. The molecule has 0 atom stereocenters. The molecule has 1 N–H and O–H groups in total. The van der Waals surface area contributed by atoms with Gasteiger partial charge in [-0.2, -0.15) is 0 Å². The normalized spacial score (nSPS) is 14.4. The second-order valence-corrected chi connectivity index (χ2v) is 9.19. The van der Waals surface area contributed by atoms with Crippen LogP contribution in [0, 0.1) is 13.8 Å². The molecule has 0 radical (unpaired) electrons. The molecule has 1 aromatic carbocycles. The summed E-state index contributed by atoms with van der Waals surface area (Å²) in [4.78, 5) is 18.9. The predicted molar refractivity (Wildman–Crippen MR) is 98.4 cm³/mol. The Bertz CT molecular complexity index is 919. The van der Waals surface area contributed by atoms with Crippen LogP contribution in [-0.2, 0) is 27.8 Å². The van der Waals surface area contributed by atoms with Gasteiger partial charge in [0, 0.05) is 30.6 Å². The van der Waals surface area contributed by atoms with Crippen molar-refractivity contribution in [2.75, 3.05) is 11.4 Å². The summed E-state index contributed by atoms with van der Waals surface area (Å²) in [7, 11) is -3.61. The van der Waals surface area contributed by atoms with Crippen LogP contribution in [0.3, 0.4) is 0 Å². The van der Waals surface area contributed by atoms with Crippen LogP contribution in [0.25, 0.3) is 0 Å². The molecule has 0 fully saturated rings. The van der Waals surface area contributed by atoms with E-state index < -0.39 is 10.0 Å². The Morgan fingerprint density at radius 1 is 1.36 bits per heavy atom. The number of carbonyl (C=O) groups is 1. The van der Waals surface area contributed by atoms with E-state index in [0.29, 0.717) is 6.54 Å². The zero-order chi connectivity index (χ0) is 18.2. The van der Waals surface area contributed by atoms with Gasteiger partial charge >= 0.3 is 0 Å². The van der Waals surface area contributed by atoms with Crippen molar-refractivity contribution in [3.05, 3.63) is 39.3 Å². The minimum atomic E-state index is -3.61. The molecule has 2 aromatic rings. The fourth-order valence-electron chi connectivity index (χ4n) is 3.05. The molecule has 0 bridgehead atoms. The maximum atomic E-state index is 12.6. The average Bonchev–Trinajstić information content (AvgIpc) is 2.89. The fourth-order valence-corrected chi connectivity index (χ4v) is 5.06. The summed E-state index contributed by atoms with van der Waals surface area (Å²) in [6.07, 6.45) is 1.61. The summed E-state index contributed by atoms with van der Waals surface area (Å²) in [5.41, 5.74) is 2.56. The Kier molecular flexibility index (Phi) is 4.95. The van der Waals surface area contributed by atoms with Crippen LogP contribution in [0.1, 0.15) is 34.5 Å². The highest BCUT2D eigenvalue weighted by atomic mass is 32.2. The predicted octanol–water partition coefficient (Wildman–Crippen LogP) is 2.54. The number of hydrogen-bond donors (Lipinski definition) is 1. The number of nitrogens with one attached hydrogen (secondary N) is 1. The van der Waals surface area contributed by atoms with Gasteiger partial charge < -0.3 is 4.90 Å². The third-order valence-corrected chi connectivity index (χ3v) is 6.75. The SMILES string of the molecule is CC(=O)N1CCCc2cc(S(=O)(=O)NCc3sc(C)nc3C)ccc21. The molecule has 8 heteroatoms. The minimum absolute atomic E-state index is 0.0225. The quantitative estimate of drug-likeness (QED) is 0.885. The highest BCUT2D eigenvalue weighted by molar-refractivity contribution is 7.89. The molecule has 0 spiro atoms. The second-order valence-electron chi connectivity index (χ2n) is 6.13. The first-order valence-corrected chi connectivity index (χ1v) is 10.4. The number of rotatable bonds is 4. The molecule has 1 aliphatic heterocycles. The van der Waals surface area contributed by atoms with Gasteiger partial charge in [-0.3, -0.25) is 4.79 Å². The largest absolute Gasteiger partial charge is 0.312 e. The summed E-state index contributed by atoms with van der Waals surface area (Å²) in [5.74, 6) is -0.0225. The number of amides is 1. The summed E-state index contributed by atoms with van der Waals surface area (Å²) in [6, 6.07) is 4.97. The smallest absolute Gasteiger partial charge is 0.240 e. The molecule has 1 aromatic heterocycles. The number of hydrogen-bond acceptors (Lipinski definition) is 5. The molecule has 2 heterocycles. The van der Waals surface area contributed by atoms with Crippen LogP contribution < -0.4 is 9.62 Å².